The maximum atomic E-state index is 14.1. The van der Waals surface area contributed by atoms with Crippen LogP contribution in [0.15, 0.2) is 30.5 Å². The summed E-state index contributed by atoms with van der Waals surface area (Å²) in [5, 5.41) is 14.2. The highest BCUT2D eigenvalue weighted by atomic mass is 19.2. The van der Waals surface area contributed by atoms with Gasteiger partial charge < -0.3 is 10.6 Å². The lowest BCUT2D eigenvalue weighted by molar-refractivity contribution is -0.118. The van der Waals surface area contributed by atoms with Crippen LogP contribution in [0.4, 0.5) is 14.5 Å². The molecule has 27 heavy (non-hydrogen) atoms. The first-order chi connectivity index (χ1) is 13.0. The molecule has 8 heteroatoms. The maximum absolute atomic E-state index is 14.1. The van der Waals surface area contributed by atoms with Gasteiger partial charge in [-0.2, -0.15) is 0 Å². The van der Waals surface area contributed by atoms with E-state index in [2.05, 4.69) is 20.8 Å². The molecule has 1 amide bonds. The third kappa shape index (κ3) is 3.06. The minimum Gasteiger partial charge on any atom is -0.323 e. The number of carbonyl (C=O) groups excluding carboxylic acids is 1. The minimum absolute atomic E-state index is 0.177. The topological polar surface area (TPSA) is 71.3 Å². The van der Waals surface area contributed by atoms with Gasteiger partial charge in [0.05, 0.1) is 5.69 Å². The van der Waals surface area contributed by atoms with Crippen LogP contribution in [0.25, 0.3) is 5.65 Å². The summed E-state index contributed by atoms with van der Waals surface area (Å²) in [5.41, 5.74) is 1.98. The molecule has 0 saturated heterocycles. The van der Waals surface area contributed by atoms with Gasteiger partial charge in [-0.05, 0) is 35.7 Å². The van der Waals surface area contributed by atoms with E-state index >= 15 is 0 Å². The Morgan fingerprint density at radius 2 is 2.07 bits per heavy atom. The number of benzene rings is 1. The SMILES string of the molecule is CC(C)c1nnc2ccc(NC(=O)C3NCCc4c3ccc(F)c4F)cn12. The molecule has 0 saturated carbocycles. The number of amides is 1. The van der Waals surface area contributed by atoms with Crippen molar-refractivity contribution in [2.45, 2.75) is 32.2 Å². The third-order valence-electron chi connectivity index (χ3n) is 4.74. The van der Waals surface area contributed by atoms with Gasteiger partial charge in [-0.15, -0.1) is 10.2 Å². The molecule has 0 spiro atoms. The van der Waals surface area contributed by atoms with Crippen LogP contribution in [0.5, 0.6) is 0 Å². The predicted octanol–water partition coefficient (Wildman–Crippen LogP) is 2.96. The largest absolute Gasteiger partial charge is 0.323 e. The average molecular weight is 371 g/mol. The summed E-state index contributed by atoms with van der Waals surface area (Å²) in [4.78, 5) is 12.8. The standard InChI is InChI=1S/C19H19F2N5O/c1-10(2)18-25-24-15-6-3-11(9-26(15)18)23-19(27)17-13-4-5-14(20)16(21)12(13)7-8-22-17/h3-6,9-10,17,22H,7-8H2,1-2H3,(H,23,27). The molecule has 140 valence electrons. The van der Waals surface area contributed by atoms with E-state index in [-0.39, 0.29) is 17.4 Å². The highest BCUT2D eigenvalue weighted by Crippen LogP contribution is 2.28. The van der Waals surface area contributed by atoms with Crippen molar-refractivity contribution in [3.05, 3.63) is 59.0 Å². The van der Waals surface area contributed by atoms with Crippen LogP contribution in [0.1, 0.15) is 42.8 Å². The number of hydrogen-bond donors (Lipinski definition) is 2. The van der Waals surface area contributed by atoms with Crippen molar-refractivity contribution in [3.63, 3.8) is 0 Å². The zero-order valence-electron chi connectivity index (χ0n) is 15.0. The summed E-state index contributed by atoms with van der Waals surface area (Å²) in [6, 6.07) is 5.28. The molecule has 0 radical (unpaired) electrons. The molecule has 0 fully saturated rings. The van der Waals surface area contributed by atoms with Crippen molar-refractivity contribution in [3.8, 4) is 0 Å². The number of nitrogens with zero attached hydrogens (tertiary/aromatic N) is 3. The summed E-state index contributed by atoms with van der Waals surface area (Å²) in [6.45, 7) is 4.42. The highest BCUT2D eigenvalue weighted by molar-refractivity contribution is 5.96. The number of halogens is 2. The van der Waals surface area contributed by atoms with E-state index < -0.39 is 17.7 Å². The van der Waals surface area contributed by atoms with Gasteiger partial charge >= 0.3 is 0 Å². The number of fused-ring (bicyclic) bond motifs is 2. The van der Waals surface area contributed by atoms with Crippen molar-refractivity contribution in [1.82, 2.24) is 19.9 Å². The average Bonchev–Trinajstić information content (AvgIpc) is 3.08. The molecule has 3 aromatic rings. The fourth-order valence-corrected chi connectivity index (χ4v) is 3.41. The second-order valence-corrected chi connectivity index (χ2v) is 6.91. The van der Waals surface area contributed by atoms with E-state index in [9.17, 15) is 13.6 Å². The summed E-state index contributed by atoms with van der Waals surface area (Å²) in [6.07, 6.45) is 2.10. The Labute approximate surface area is 154 Å². The molecule has 2 N–H and O–H groups in total. The number of nitrogens with one attached hydrogen (secondary N) is 2. The van der Waals surface area contributed by atoms with Crippen LogP contribution in [0.2, 0.25) is 0 Å². The Hall–Kier alpha value is -2.87. The third-order valence-corrected chi connectivity index (χ3v) is 4.74. The molecular formula is C19H19F2N5O. The summed E-state index contributed by atoms with van der Waals surface area (Å²) in [7, 11) is 0. The van der Waals surface area contributed by atoms with Gasteiger partial charge in [0, 0.05) is 18.7 Å². The second-order valence-electron chi connectivity index (χ2n) is 6.91. The first-order valence-corrected chi connectivity index (χ1v) is 8.81. The lowest BCUT2D eigenvalue weighted by atomic mass is 9.93. The Bertz CT molecular complexity index is 1030. The number of rotatable bonds is 3. The molecule has 3 heterocycles. The number of aromatic nitrogens is 3. The van der Waals surface area contributed by atoms with Crippen molar-refractivity contribution >= 4 is 17.2 Å². The summed E-state index contributed by atoms with van der Waals surface area (Å²) < 4.78 is 29.4. The van der Waals surface area contributed by atoms with Gasteiger partial charge in [0.1, 0.15) is 11.9 Å². The molecule has 0 bridgehead atoms. The maximum Gasteiger partial charge on any atom is 0.246 e. The normalized spacial score (nSPS) is 16.6. The number of hydrogen-bond acceptors (Lipinski definition) is 4. The van der Waals surface area contributed by atoms with E-state index in [1.165, 1.54) is 6.07 Å². The predicted molar refractivity (Wildman–Crippen MR) is 96.5 cm³/mol. The molecule has 0 aliphatic carbocycles. The van der Waals surface area contributed by atoms with E-state index in [1.54, 1.807) is 18.3 Å². The fraction of sp³-hybridized carbons (Fsp3) is 0.316. The van der Waals surface area contributed by atoms with Gasteiger partial charge in [0.25, 0.3) is 0 Å². The lowest BCUT2D eigenvalue weighted by Gasteiger charge is -2.26. The molecule has 1 aliphatic heterocycles. The first kappa shape index (κ1) is 17.5. The second kappa shape index (κ2) is 6.70. The quantitative estimate of drug-likeness (QED) is 0.743. The zero-order chi connectivity index (χ0) is 19.1. The van der Waals surface area contributed by atoms with Gasteiger partial charge in [-0.1, -0.05) is 19.9 Å². The molecule has 4 rings (SSSR count). The monoisotopic (exact) mass is 371 g/mol. The van der Waals surface area contributed by atoms with Crippen molar-refractivity contribution in [2.24, 2.45) is 0 Å². The van der Waals surface area contributed by atoms with E-state index in [1.807, 2.05) is 18.2 Å². The number of carbonyl (C=O) groups is 1. The molecule has 1 aliphatic rings. The molecule has 1 atom stereocenters. The number of anilines is 1. The zero-order valence-corrected chi connectivity index (χ0v) is 15.0. The van der Waals surface area contributed by atoms with E-state index in [0.29, 0.717) is 29.9 Å². The number of pyridine rings is 1. The molecule has 1 aromatic carbocycles. The van der Waals surface area contributed by atoms with Crippen molar-refractivity contribution in [1.29, 1.82) is 0 Å². The van der Waals surface area contributed by atoms with Crippen LogP contribution in [0.3, 0.4) is 0 Å². The Kier molecular flexibility index (Phi) is 4.35. The van der Waals surface area contributed by atoms with Crippen molar-refractivity contribution in [2.75, 3.05) is 11.9 Å². The fourth-order valence-electron chi connectivity index (χ4n) is 3.41. The summed E-state index contributed by atoms with van der Waals surface area (Å²) >= 11 is 0. The first-order valence-electron chi connectivity index (χ1n) is 8.81. The van der Waals surface area contributed by atoms with Crippen molar-refractivity contribution < 1.29 is 13.6 Å². The Morgan fingerprint density at radius 1 is 1.26 bits per heavy atom. The molecule has 2 aromatic heterocycles. The van der Waals surface area contributed by atoms with E-state index in [4.69, 9.17) is 0 Å². The van der Waals surface area contributed by atoms with Gasteiger partial charge in [0.15, 0.2) is 17.3 Å². The van der Waals surface area contributed by atoms with Crippen LogP contribution in [-0.2, 0) is 11.2 Å². The van der Waals surface area contributed by atoms with Gasteiger partial charge in [-0.3, -0.25) is 9.20 Å². The van der Waals surface area contributed by atoms with Crippen LogP contribution < -0.4 is 10.6 Å². The van der Waals surface area contributed by atoms with Crippen LogP contribution in [-0.4, -0.2) is 27.0 Å². The molecule has 1 unspecified atom stereocenters. The minimum atomic E-state index is -0.894. The van der Waals surface area contributed by atoms with Gasteiger partial charge in [0.2, 0.25) is 5.91 Å². The van der Waals surface area contributed by atoms with Crippen LogP contribution in [0, 0.1) is 11.6 Å². The Balaban J connectivity index is 1.63. The van der Waals surface area contributed by atoms with Gasteiger partial charge in [-0.25, -0.2) is 8.78 Å². The van der Waals surface area contributed by atoms with Crippen LogP contribution >= 0.6 is 0 Å². The molecular weight excluding hydrogens is 352 g/mol. The lowest BCUT2D eigenvalue weighted by Crippen LogP contribution is -2.38. The smallest absolute Gasteiger partial charge is 0.246 e. The molecule has 6 nitrogen and oxygen atoms in total. The summed E-state index contributed by atoms with van der Waals surface area (Å²) in [5.74, 6) is -1.13. The Morgan fingerprint density at radius 3 is 2.85 bits per heavy atom. The van der Waals surface area contributed by atoms with E-state index in [0.717, 1.165) is 11.9 Å². The highest BCUT2D eigenvalue weighted by Gasteiger charge is 2.29.